The van der Waals surface area contributed by atoms with Gasteiger partial charge in [-0.15, -0.1) is 0 Å². The Morgan fingerprint density at radius 3 is 2.67 bits per heavy atom. The van der Waals surface area contributed by atoms with Crippen molar-refractivity contribution in [1.29, 1.82) is 0 Å². The van der Waals surface area contributed by atoms with Crippen molar-refractivity contribution >= 4 is 21.8 Å². The molecule has 0 radical (unpaired) electrons. The number of halogens is 1. The molecule has 1 aromatic carbocycles. The SMILES string of the molecule is COCC1(CNC(=O)c2cc(Br)cc(OC(C)C)c2)CCNCC1. The Kier molecular flexibility index (Phi) is 7.07. The molecule has 0 unspecified atom stereocenters. The fourth-order valence-corrected chi connectivity index (χ4v) is 3.51. The topological polar surface area (TPSA) is 59.6 Å². The van der Waals surface area contributed by atoms with E-state index in [0.29, 0.717) is 24.5 Å². The van der Waals surface area contributed by atoms with E-state index in [0.717, 1.165) is 30.4 Å². The predicted molar refractivity (Wildman–Crippen MR) is 98.7 cm³/mol. The van der Waals surface area contributed by atoms with Crippen LogP contribution in [0.4, 0.5) is 0 Å². The third kappa shape index (κ3) is 5.46. The molecule has 1 aromatic rings. The van der Waals surface area contributed by atoms with Crippen LogP contribution >= 0.6 is 15.9 Å². The van der Waals surface area contributed by atoms with Gasteiger partial charge in [-0.25, -0.2) is 0 Å². The molecule has 5 nitrogen and oxygen atoms in total. The maximum Gasteiger partial charge on any atom is 0.251 e. The van der Waals surface area contributed by atoms with E-state index in [1.54, 1.807) is 13.2 Å². The monoisotopic (exact) mass is 398 g/mol. The zero-order valence-corrected chi connectivity index (χ0v) is 16.2. The van der Waals surface area contributed by atoms with Gasteiger partial charge in [-0.05, 0) is 58.0 Å². The second-order valence-corrected chi connectivity index (χ2v) is 7.62. The molecule has 1 amide bonds. The summed E-state index contributed by atoms with van der Waals surface area (Å²) in [5.74, 6) is 0.608. The Balaban J connectivity index is 2.04. The Morgan fingerprint density at radius 1 is 1.33 bits per heavy atom. The van der Waals surface area contributed by atoms with Crippen LogP contribution in [0.5, 0.6) is 5.75 Å². The molecule has 0 atom stereocenters. The number of piperidine rings is 1. The number of hydrogen-bond donors (Lipinski definition) is 2. The van der Waals surface area contributed by atoms with Gasteiger partial charge >= 0.3 is 0 Å². The third-order valence-electron chi connectivity index (χ3n) is 4.24. The molecule has 1 aliphatic heterocycles. The highest BCUT2D eigenvalue weighted by Crippen LogP contribution is 2.28. The zero-order valence-electron chi connectivity index (χ0n) is 14.7. The number of rotatable bonds is 7. The molecule has 0 aromatic heterocycles. The highest BCUT2D eigenvalue weighted by atomic mass is 79.9. The number of nitrogens with one attached hydrogen (secondary N) is 2. The fourth-order valence-electron chi connectivity index (χ4n) is 3.04. The van der Waals surface area contributed by atoms with Crippen LogP contribution in [0, 0.1) is 5.41 Å². The molecule has 1 heterocycles. The van der Waals surface area contributed by atoms with E-state index in [1.165, 1.54) is 0 Å². The average Bonchev–Trinajstić information content (AvgIpc) is 2.52. The normalized spacial score (nSPS) is 16.9. The van der Waals surface area contributed by atoms with Gasteiger partial charge in [0.25, 0.3) is 5.91 Å². The van der Waals surface area contributed by atoms with Crippen LogP contribution in [0.25, 0.3) is 0 Å². The summed E-state index contributed by atoms with van der Waals surface area (Å²) in [6, 6.07) is 5.47. The van der Waals surface area contributed by atoms with E-state index in [1.807, 2.05) is 26.0 Å². The molecular weight excluding hydrogens is 372 g/mol. The van der Waals surface area contributed by atoms with Crippen molar-refractivity contribution < 1.29 is 14.3 Å². The van der Waals surface area contributed by atoms with Gasteiger partial charge in [0.2, 0.25) is 0 Å². The van der Waals surface area contributed by atoms with Crippen LogP contribution in [0.2, 0.25) is 0 Å². The minimum absolute atomic E-state index is 0.0128. The van der Waals surface area contributed by atoms with Crippen LogP contribution in [0.1, 0.15) is 37.0 Å². The first-order valence-corrected chi connectivity index (χ1v) is 9.18. The molecular formula is C18H27BrN2O3. The lowest BCUT2D eigenvalue weighted by Crippen LogP contribution is -2.47. The van der Waals surface area contributed by atoms with Crippen LogP contribution in [0.3, 0.4) is 0 Å². The Labute approximate surface area is 152 Å². The quantitative estimate of drug-likeness (QED) is 0.740. The van der Waals surface area contributed by atoms with Gasteiger partial charge in [-0.3, -0.25) is 4.79 Å². The van der Waals surface area contributed by atoms with E-state index in [-0.39, 0.29) is 17.4 Å². The molecule has 2 rings (SSSR count). The Morgan fingerprint density at radius 2 is 2.04 bits per heavy atom. The van der Waals surface area contributed by atoms with Crippen LogP contribution in [0.15, 0.2) is 22.7 Å². The first-order valence-electron chi connectivity index (χ1n) is 8.39. The number of methoxy groups -OCH3 is 1. The number of carbonyl (C=O) groups excluding carboxylic acids is 1. The summed E-state index contributed by atoms with van der Waals surface area (Å²) in [4.78, 5) is 12.6. The van der Waals surface area contributed by atoms with Crippen LogP contribution in [-0.2, 0) is 4.74 Å². The maximum absolute atomic E-state index is 12.6. The molecule has 0 aliphatic carbocycles. The highest BCUT2D eigenvalue weighted by molar-refractivity contribution is 9.10. The standard InChI is InChI=1S/C18H27BrN2O3/c1-13(2)24-16-9-14(8-15(19)10-16)17(22)21-11-18(12-23-3)4-6-20-7-5-18/h8-10,13,20H,4-7,11-12H2,1-3H3,(H,21,22). The van der Waals surface area contributed by atoms with Crippen molar-refractivity contribution in [2.75, 3.05) is 33.4 Å². The van der Waals surface area contributed by atoms with E-state index >= 15 is 0 Å². The summed E-state index contributed by atoms with van der Waals surface area (Å²) < 4.78 is 11.9. The number of benzene rings is 1. The molecule has 2 N–H and O–H groups in total. The van der Waals surface area contributed by atoms with Gasteiger partial charge in [0.1, 0.15) is 5.75 Å². The molecule has 1 aliphatic rings. The van der Waals surface area contributed by atoms with Crippen molar-refractivity contribution in [3.05, 3.63) is 28.2 Å². The van der Waals surface area contributed by atoms with Gasteiger partial charge in [-0.2, -0.15) is 0 Å². The average molecular weight is 399 g/mol. The van der Waals surface area contributed by atoms with E-state index in [9.17, 15) is 4.79 Å². The molecule has 1 saturated heterocycles. The molecule has 134 valence electrons. The molecule has 0 spiro atoms. The summed E-state index contributed by atoms with van der Waals surface area (Å²) in [7, 11) is 1.72. The van der Waals surface area contributed by atoms with Gasteiger partial charge < -0.3 is 20.1 Å². The molecule has 6 heteroatoms. The summed E-state index contributed by atoms with van der Waals surface area (Å²) in [6.07, 6.45) is 2.07. The van der Waals surface area contributed by atoms with E-state index in [4.69, 9.17) is 9.47 Å². The molecule has 0 bridgehead atoms. The second kappa shape index (κ2) is 8.83. The van der Waals surface area contributed by atoms with Gasteiger partial charge in [-0.1, -0.05) is 15.9 Å². The largest absolute Gasteiger partial charge is 0.491 e. The van der Waals surface area contributed by atoms with Crippen LogP contribution < -0.4 is 15.4 Å². The van der Waals surface area contributed by atoms with Crippen molar-refractivity contribution in [3.8, 4) is 5.75 Å². The highest BCUT2D eigenvalue weighted by Gasteiger charge is 2.32. The third-order valence-corrected chi connectivity index (χ3v) is 4.70. The Hall–Kier alpha value is -1.11. The van der Waals surface area contributed by atoms with Gasteiger partial charge in [0.05, 0.1) is 12.7 Å². The summed E-state index contributed by atoms with van der Waals surface area (Å²) in [6.45, 7) is 7.13. The fraction of sp³-hybridized carbons (Fsp3) is 0.611. The lowest BCUT2D eigenvalue weighted by atomic mass is 9.79. The minimum Gasteiger partial charge on any atom is -0.491 e. The van der Waals surface area contributed by atoms with Crippen molar-refractivity contribution in [1.82, 2.24) is 10.6 Å². The van der Waals surface area contributed by atoms with Crippen molar-refractivity contribution in [2.24, 2.45) is 5.41 Å². The zero-order chi connectivity index (χ0) is 17.6. The molecule has 1 fully saturated rings. The summed E-state index contributed by atoms with van der Waals surface area (Å²) in [5.41, 5.74) is 0.611. The number of ether oxygens (including phenoxy) is 2. The van der Waals surface area contributed by atoms with Gasteiger partial charge in [0, 0.05) is 29.1 Å². The van der Waals surface area contributed by atoms with Crippen molar-refractivity contribution in [2.45, 2.75) is 32.8 Å². The smallest absolute Gasteiger partial charge is 0.251 e. The lowest BCUT2D eigenvalue weighted by Gasteiger charge is -2.37. The van der Waals surface area contributed by atoms with Crippen LogP contribution in [-0.4, -0.2) is 45.4 Å². The summed E-state index contributed by atoms with van der Waals surface area (Å²) >= 11 is 3.45. The number of carbonyl (C=O) groups is 1. The molecule has 24 heavy (non-hydrogen) atoms. The van der Waals surface area contributed by atoms with E-state index in [2.05, 4.69) is 26.6 Å². The van der Waals surface area contributed by atoms with E-state index < -0.39 is 0 Å². The first-order chi connectivity index (χ1) is 11.4. The Bertz CT molecular complexity index is 552. The van der Waals surface area contributed by atoms with Crippen molar-refractivity contribution in [3.63, 3.8) is 0 Å². The summed E-state index contributed by atoms with van der Waals surface area (Å²) in [5, 5.41) is 6.44. The first kappa shape index (κ1) is 19.2. The second-order valence-electron chi connectivity index (χ2n) is 6.71. The predicted octanol–water partition coefficient (Wildman–Crippen LogP) is 2.98. The molecule has 0 saturated carbocycles. The number of hydrogen-bond acceptors (Lipinski definition) is 4. The lowest BCUT2D eigenvalue weighted by molar-refractivity contribution is 0.0511. The minimum atomic E-state index is -0.0843. The van der Waals surface area contributed by atoms with Gasteiger partial charge in [0.15, 0.2) is 0 Å². The number of amides is 1. The maximum atomic E-state index is 12.6.